The summed E-state index contributed by atoms with van der Waals surface area (Å²) in [7, 11) is 0. The minimum Gasteiger partial charge on any atom is -0.494 e. The van der Waals surface area contributed by atoms with Crippen molar-refractivity contribution in [3.63, 3.8) is 0 Å². The summed E-state index contributed by atoms with van der Waals surface area (Å²) in [6.45, 7) is -0.395. The Bertz CT molecular complexity index is 984. The van der Waals surface area contributed by atoms with Gasteiger partial charge in [-0.25, -0.2) is 5.10 Å². The minimum absolute atomic E-state index is 0.0792. The molecule has 2 aromatic carbocycles. The van der Waals surface area contributed by atoms with Gasteiger partial charge in [0.25, 0.3) is 0 Å². The molecule has 0 saturated heterocycles. The predicted octanol–water partition coefficient (Wildman–Crippen LogP) is 4.49. The Balaban J connectivity index is 1.86. The largest absolute Gasteiger partial charge is 0.494 e. The van der Waals surface area contributed by atoms with Crippen LogP contribution < -0.4 is 9.47 Å². The topological polar surface area (TPSA) is 64.4 Å². The van der Waals surface area contributed by atoms with Crippen molar-refractivity contribution in [3.8, 4) is 22.9 Å². The van der Waals surface area contributed by atoms with Gasteiger partial charge in [-0.15, -0.1) is 0 Å². The molecule has 0 bridgehead atoms. The first kappa shape index (κ1) is 18.7. The predicted molar refractivity (Wildman–Crippen MR) is 100 cm³/mol. The van der Waals surface area contributed by atoms with Gasteiger partial charge >= 0.3 is 6.61 Å². The number of rotatable bonds is 7. The monoisotopic (exact) mass is 390 g/mol. The average molecular weight is 390 g/mol. The average Bonchev–Trinajstić information content (AvgIpc) is 3.02. The summed E-state index contributed by atoms with van der Waals surface area (Å²) in [4.78, 5) is 0. The van der Waals surface area contributed by atoms with E-state index in [-0.39, 0.29) is 5.75 Å². The van der Waals surface area contributed by atoms with E-state index >= 15 is 0 Å². The highest BCUT2D eigenvalue weighted by Crippen LogP contribution is 2.22. The number of benzene rings is 2. The van der Waals surface area contributed by atoms with Crippen LogP contribution in [0, 0.1) is 4.77 Å². The molecule has 0 aliphatic carbocycles. The van der Waals surface area contributed by atoms with Gasteiger partial charge in [-0.1, -0.05) is 12.1 Å². The van der Waals surface area contributed by atoms with Crippen LogP contribution in [0.5, 0.6) is 11.5 Å². The molecule has 1 aromatic heterocycles. The molecule has 27 heavy (non-hydrogen) atoms. The summed E-state index contributed by atoms with van der Waals surface area (Å²) in [6.07, 6.45) is 1.55. The maximum Gasteiger partial charge on any atom is 0.387 e. The number of halogens is 2. The molecule has 0 saturated carbocycles. The van der Waals surface area contributed by atoms with Crippen molar-refractivity contribution in [2.45, 2.75) is 13.5 Å². The van der Waals surface area contributed by atoms with E-state index in [1.54, 1.807) is 18.3 Å². The molecule has 0 spiro atoms. The van der Waals surface area contributed by atoms with E-state index in [9.17, 15) is 8.78 Å². The fourth-order valence-electron chi connectivity index (χ4n) is 2.34. The third kappa shape index (κ3) is 4.76. The Morgan fingerprint density at radius 3 is 2.70 bits per heavy atom. The maximum atomic E-state index is 12.2. The zero-order valence-corrected chi connectivity index (χ0v) is 15.1. The minimum atomic E-state index is -2.86. The van der Waals surface area contributed by atoms with Gasteiger partial charge < -0.3 is 9.47 Å². The number of H-pyrrole nitrogens is 1. The molecule has 0 unspecified atom stereocenters. The van der Waals surface area contributed by atoms with Crippen molar-refractivity contribution >= 4 is 18.4 Å². The summed E-state index contributed by atoms with van der Waals surface area (Å²) < 4.78 is 36.0. The summed E-state index contributed by atoms with van der Waals surface area (Å²) in [5.74, 6) is 1.32. The fraction of sp³-hybridized carbons (Fsp3) is 0.167. The molecule has 6 nitrogen and oxygen atoms in total. The second kappa shape index (κ2) is 8.54. The lowest BCUT2D eigenvalue weighted by molar-refractivity contribution is -0.0498. The van der Waals surface area contributed by atoms with Crippen LogP contribution in [-0.2, 0) is 0 Å². The molecular formula is C18H16F2N4O2S. The lowest BCUT2D eigenvalue weighted by atomic mass is 10.2. The van der Waals surface area contributed by atoms with E-state index in [2.05, 4.69) is 20.0 Å². The summed E-state index contributed by atoms with van der Waals surface area (Å²) in [6, 6.07) is 13.5. The molecule has 1 N–H and O–H groups in total. The lowest BCUT2D eigenvalue weighted by Crippen LogP contribution is -2.01. The first-order valence-electron chi connectivity index (χ1n) is 8.06. The number of aromatic nitrogens is 3. The highest BCUT2D eigenvalue weighted by atomic mass is 32.1. The smallest absolute Gasteiger partial charge is 0.387 e. The Hall–Kier alpha value is -3.07. The number of ether oxygens (including phenoxy) is 2. The highest BCUT2D eigenvalue weighted by Gasteiger charge is 2.09. The van der Waals surface area contributed by atoms with E-state index in [4.69, 9.17) is 17.0 Å². The first-order chi connectivity index (χ1) is 13.1. The van der Waals surface area contributed by atoms with Gasteiger partial charge in [0.1, 0.15) is 11.5 Å². The van der Waals surface area contributed by atoms with E-state index in [0.29, 0.717) is 28.5 Å². The van der Waals surface area contributed by atoms with E-state index < -0.39 is 6.61 Å². The standard InChI is InChI=1S/C18H16F2N4O2S/c1-2-25-15-5-3-4-13(10-15)16-22-23-18(27)24(16)21-11-12-6-8-14(9-7-12)26-17(19)20/h3-11,17H,2H2,1H3,(H,23,27). The van der Waals surface area contributed by atoms with E-state index in [0.717, 1.165) is 5.56 Å². The van der Waals surface area contributed by atoms with Crippen molar-refractivity contribution in [2.75, 3.05) is 6.61 Å². The first-order valence-corrected chi connectivity index (χ1v) is 8.47. The Kier molecular flexibility index (Phi) is 5.92. The van der Waals surface area contributed by atoms with Crippen molar-refractivity contribution in [1.82, 2.24) is 14.9 Å². The van der Waals surface area contributed by atoms with Gasteiger partial charge in [-0.2, -0.15) is 23.7 Å². The molecule has 3 rings (SSSR count). The van der Waals surface area contributed by atoms with Gasteiger partial charge in [0.15, 0.2) is 5.82 Å². The van der Waals surface area contributed by atoms with E-state index in [1.807, 2.05) is 31.2 Å². The lowest BCUT2D eigenvalue weighted by Gasteiger charge is -2.06. The molecular weight excluding hydrogens is 374 g/mol. The Morgan fingerprint density at radius 2 is 2.00 bits per heavy atom. The van der Waals surface area contributed by atoms with Crippen LogP contribution in [0.1, 0.15) is 12.5 Å². The zero-order valence-electron chi connectivity index (χ0n) is 14.3. The van der Waals surface area contributed by atoms with Crippen molar-refractivity contribution in [3.05, 3.63) is 58.9 Å². The van der Waals surface area contributed by atoms with Crippen LogP contribution in [0.2, 0.25) is 0 Å². The van der Waals surface area contributed by atoms with Crippen molar-refractivity contribution in [2.24, 2.45) is 5.10 Å². The SMILES string of the molecule is CCOc1cccc(-c2n[nH]c(=S)n2N=Cc2ccc(OC(F)F)cc2)c1. The number of nitrogens with one attached hydrogen (secondary N) is 1. The second-order valence-corrected chi connectivity index (χ2v) is 5.70. The third-order valence-corrected chi connectivity index (χ3v) is 3.75. The number of aromatic amines is 1. The molecule has 0 fully saturated rings. The third-order valence-electron chi connectivity index (χ3n) is 3.48. The van der Waals surface area contributed by atoms with Gasteiger partial charge in [-0.3, -0.25) is 0 Å². The normalized spacial score (nSPS) is 11.3. The Morgan fingerprint density at radius 1 is 1.22 bits per heavy atom. The van der Waals surface area contributed by atoms with Crippen LogP contribution >= 0.6 is 12.2 Å². The van der Waals surface area contributed by atoms with Crippen LogP contribution in [-0.4, -0.2) is 34.3 Å². The zero-order chi connectivity index (χ0) is 19.2. The number of nitrogens with zero attached hydrogens (tertiary/aromatic N) is 3. The van der Waals surface area contributed by atoms with Crippen molar-refractivity contribution in [1.29, 1.82) is 0 Å². The molecule has 9 heteroatoms. The van der Waals surface area contributed by atoms with Crippen LogP contribution in [0.25, 0.3) is 11.4 Å². The summed E-state index contributed by atoms with van der Waals surface area (Å²) in [5, 5.41) is 11.3. The quantitative estimate of drug-likeness (QED) is 0.477. The van der Waals surface area contributed by atoms with Gasteiger partial charge in [-0.05, 0) is 61.1 Å². The highest BCUT2D eigenvalue weighted by molar-refractivity contribution is 7.71. The molecule has 3 aromatic rings. The van der Waals surface area contributed by atoms with Gasteiger partial charge in [0, 0.05) is 5.56 Å². The maximum absolute atomic E-state index is 12.2. The fourth-order valence-corrected chi connectivity index (χ4v) is 2.52. The summed E-state index contributed by atoms with van der Waals surface area (Å²) in [5.41, 5.74) is 1.47. The van der Waals surface area contributed by atoms with Crippen LogP contribution in [0.4, 0.5) is 8.78 Å². The molecule has 0 atom stereocenters. The van der Waals surface area contributed by atoms with Gasteiger partial charge in [0.2, 0.25) is 4.77 Å². The Labute approximate surface area is 159 Å². The second-order valence-electron chi connectivity index (χ2n) is 5.32. The number of hydrogen-bond donors (Lipinski definition) is 1. The molecule has 140 valence electrons. The number of hydrogen-bond acceptors (Lipinski definition) is 5. The summed E-state index contributed by atoms with van der Waals surface area (Å²) >= 11 is 5.24. The molecule has 0 aliphatic rings. The molecule has 0 aliphatic heterocycles. The molecule has 0 radical (unpaired) electrons. The van der Waals surface area contributed by atoms with Gasteiger partial charge in [0.05, 0.1) is 12.8 Å². The van der Waals surface area contributed by atoms with Crippen LogP contribution in [0.15, 0.2) is 53.6 Å². The molecule has 0 amide bonds. The number of alkyl halides is 2. The van der Waals surface area contributed by atoms with Crippen molar-refractivity contribution < 1.29 is 18.3 Å². The molecule has 1 heterocycles. The van der Waals surface area contributed by atoms with Crippen LogP contribution in [0.3, 0.4) is 0 Å². The van der Waals surface area contributed by atoms with E-state index in [1.165, 1.54) is 16.8 Å².